The highest BCUT2D eigenvalue weighted by Crippen LogP contribution is 2.42. The largest absolute Gasteiger partial charge is 0.499 e. The van der Waals surface area contributed by atoms with Gasteiger partial charge in [0.2, 0.25) is 0 Å². The van der Waals surface area contributed by atoms with Crippen LogP contribution in [0.3, 0.4) is 0 Å². The van der Waals surface area contributed by atoms with Crippen molar-refractivity contribution < 1.29 is 22.7 Å². The summed E-state index contributed by atoms with van der Waals surface area (Å²) < 4.78 is 40.4. The van der Waals surface area contributed by atoms with Crippen molar-refractivity contribution in [2.24, 2.45) is 0 Å². The van der Waals surface area contributed by atoms with Crippen LogP contribution in [-0.2, 0) is 14.8 Å². The Labute approximate surface area is 220 Å². The van der Waals surface area contributed by atoms with Crippen molar-refractivity contribution in [2.75, 3.05) is 13.1 Å². The minimum absolute atomic E-state index is 0.0343. The molecule has 1 fully saturated rings. The Hall–Kier alpha value is -4.17. The van der Waals surface area contributed by atoms with Crippen molar-refractivity contribution in [3.05, 3.63) is 66.3 Å². The fourth-order valence-corrected chi connectivity index (χ4v) is 6.02. The molecular weight excluding hydrogens is 506 g/mol. The number of likely N-dealkylation sites (tertiary alicyclic amines) is 1. The first-order valence-corrected chi connectivity index (χ1v) is 13.6. The molecule has 0 unspecified atom stereocenters. The molecule has 38 heavy (non-hydrogen) atoms. The quantitative estimate of drug-likeness (QED) is 0.334. The van der Waals surface area contributed by atoms with Gasteiger partial charge in [-0.15, -0.1) is 4.98 Å². The van der Waals surface area contributed by atoms with Gasteiger partial charge in [-0.2, -0.15) is 0 Å². The number of pyridine rings is 2. The molecular formula is C27H27N5O5S. The van der Waals surface area contributed by atoms with Crippen LogP contribution in [0.1, 0.15) is 33.6 Å². The zero-order valence-corrected chi connectivity index (χ0v) is 22.1. The van der Waals surface area contributed by atoms with Crippen molar-refractivity contribution in [1.82, 2.24) is 18.8 Å². The summed E-state index contributed by atoms with van der Waals surface area (Å²) in [5.41, 5.74) is -0.0884. The number of carbonyl (C=O) groups excluding carboxylic acids is 1. The van der Waals surface area contributed by atoms with Gasteiger partial charge >= 0.3 is 11.9 Å². The molecule has 1 aromatic carbocycles. The summed E-state index contributed by atoms with van der Waals surface area (Å²) in [4.78, 5) is 26.4. The fraction of sp³-hybridized carbons (Fsp3) is 0.333. The lowest BCUT2D eigenvalue weighted by molar-refractivity contribution is 0.0128. The minimum atomic E-state index is -4.03. The zero-order chi connectivity index (χ0) is 27.1. The number of rotatable bonds is 4. The number of hydrogen-bond donors (Lipinski definition) is 0. The van der Waals surface area contributed by atoms with E-state index in [1.54, 1.807) is 35.2 Å². The van der Waals surface area contributed by atoms with E-state index in [-0.39, 0.29) is 39.8 Å². The molecule has 0 N–H and O–H groups in total. The fourth-order valence-electron chi connectivity index (χ4n) is 4.54. The molecule has 4 heterocycles. The highest BCUT2D eigenvalue weighted by molar-refractivity contribution is 7.90. The molecule has 1 saturated heterocycles. The maximum atomic E-state index is 13.7. The second-order valence-electron chi connectivity index (χ2n) is 10.0. The smallest absolute Gasteiger partial charge is 0.410 e. The van der Waals surface area contributed by atoms with E-state index < -0.39 is 15.6 Å². The second-order valence-corrected chi connectivity index (χ2v) is 11.8. The number of hydrogen-bond acceptors (Lipinski definition) is 7. The lowest BCUT2D eigenvalue weighted by Crippen LogP contribution is -2.44. The lowest BCUT2D eigenvalue weighted by atomic mass is 10.1. The highest BCUT2D eigenvalue weighted by atomic mass is 32.2. The number of aromatic nitrogens is 3. The summed E-state index contributed by atoms with van der Waals surface area (Å²) >= 11 is 0. The second kappa shape index (κ2) is 9.61. The number of amides is 1. The van der Waals surface area contributed by atoms with E-state index in [0.717, 1.165) is 3.97 Å². The Morgan fingerprint density at radius 1 is 1.08 bits per heavy atom. The predicted octanol–water partition coefficient (Wildman–Crippen LogP) is 5.15. The molecule has 4 aromatic rings. The Morgan fingerprint density at radius 2 is 1.79 bits per heavy atom. The van der Waals surface area contributed by atoms with E-state index in [2.05, 4.69) is 14.8 Å². The Bertz CT molecular complexity index is 1660. The summed E-state index contributed by atoms with van der Waals surface area (Å²) in [6.45, 7) is 14.0. The number of carbonyl (C=O) groups is 1. The molecule has 0 bridgehead atoms. The SMILES string of the molecule is [C-]#[N+]c1ncc2c(c1OC1CCN(C(=O)OC(C)(C)C)CC1)c1cccnc1n2S(=O)(=O)c1ccccc1. The van der Waals surface area contributed by atoms with E-state index in [1.807, 2.05) is 20.8 Å². The van der Waals surface area contributed by atoms with Crippen LogP contribution in [0.25, 0.3) is 26.8 Å². The normalized spacial score (nSPS) is 14.9. The minimum Gasteiger partial charge on any atom is -0.499 e. The Morgan fingerprint density at radius 3 is 2.45 bits per heavy atom. The molecule has 0 spiro atoms. The van der Waals surface area contributed by atoms with Crippen LogP contribution in [0.15, 0.2) is 59.8 Å². The molecule has 3 aromatic heterocycles. The molecule has 1 amide bonds. The van der Waals surface area contributed by atoms with Gasteiger partial charge in [0.15, 0.2) is 11.4 Å². The van der Waals surface area contributed by atoms with E-state index >= 15 is 0 Å². The molecule has 0 atom stereocenters. The van der Waals surface area contributed by atoms with E-state index in [1.165, 1.54) is 24.5 Å². The summed E-state index contributed by atoms with van der Waals surface area (Å²) in [5, 5.41) is 0.999. The van der Waals surface area contributed by atoms with Crippen LogP contribution in [0.2, 0.25) is 0 Å². The Kier molecular flexibility index (Phi) is 6.44. The number of benzene rings is 1. The molecule has 10 nitrogen and oxygen atoms in total. The van der Waals surface area contributed by atoms with Crippen molar-refractivity contribution >= 4 is 43.9 Å². The van der Waals surface area contributed by atoms with Crippen LogP contribution in [0.4, 0.5) is 10.6 Å². The summed E-state index contributed by atoms with van der Waals surface area (Å²) in [6.07, 6.45) is 3.26. The predicted molar refractivity (Wildman–Crippen MR) is 142 cm³/mol. The molecule has 0 aliphatic carbocycles. The highest BCUT2D eigenvalue weighted by Gasteiger charge is 2.31. The van der Waals surface area contributed by atoms with Gasteiger partial charge in [0.25, 0.3) is 10.0 Å². The van der Waals surface area contributed by atoms with Crippen LogP contribution in [0, 0.1) is 6.57 Å². The molecule has 11 heteroatoms. The summed E-state index contributed by atoms with van der Waals surface area (Å²) in [5.74, 6) is 0.250. The number of fused-ring (bicyclic) bond motifs is 3. The van der Waals surface area contributed by atoms with Crippen LogP contribution in [0.5, 0.6) is 5.75 Å². The van der Waals surface area contributed by atoms with Gasteiger partial charge in [-0.05, 0) is 45.0 Å². The molecule has 0 radical (unpaired) electrons. The van der Waals surface area contributed by atoms with E-state index in [9.17, 15) is 13.2 Å². The molecule has 0 saturated carbocycles. The molecule has 1 aliphatic heterocycles. The topological polar surface area (TPSA) is 108 Å². The van der Waals surface area contributed by atoms with Crippen molar-refractivity contribution in [3.63, 3.8) is 0 Å². The molecule has 196 valence electrons. The first-order chi connectivity index (χ1) is 18.1. The number of ether oxygens (including phenoxy) is 2. The maximum absolute atomic E-state index is 13.7. The number of nitrogens with zero attached hydrogens (tertiary/aromatic N) is 5. The Balaban J connectivity index is 1.55. The third kappa shape index (κ3) is 4.63. The standard InChI is InChI=1S/C27H27N5O5S/c1-27(2,3)37-26(33)31-15-12-18(13-16-31)36-23-22-20-11-8-14-29-25(20)32(21(22)17-30-24(23)28-4)38(34,35)19-9-6-5-7-10-19/h5-11,14,17-18H,12-13,15-16H2,1-3H3. The van der Waals surface area contributed by atoms with Crippen LogP contribution >= 0.6 is 0 Å². The van der Waals surface area contributed by atoms with Crippen molar-refractivity contribution in [2.45, 2.75) is 50.2 Å². The summed E-state index contributed by atoms with van der Waals surface area (Å²) in [7, 11) is -4.03. The van der Waals surface area contributed by atoms with Crippen LogP contribution < -0.4 is 4.74 Å². The van der Waals surface area contributed by atoms with E-state index in [4.69, 9.17) is 16.0 Å². The first kappa shape index (κ1) is 25.5. The van der Waals surface area contributed by atoms with Gasteiger partial charge in [0, 0.05) is 42.9 Å². The third-order valence-corrected chi connectivity index (χ3v) is 7.95. The van der Waals surface area contributed by atoms with Gasteiger partial charge in [-0.25, -0.2) is 22.2 Å². The first-order valence-electron chi connectivity index (χ1n) is 12.2. The van der Waals surface area contributed by atoms with Gasteiger partial charge in [-0.1, -0.05) is 24.8 Å². The molecule has 5 rings (SSSR count). The number of piperidine rings is 1. The van der Waals surface area contributed by atoms with Gasteiger partial charge < -0.3 is 19.2 Å². The average Bonchev–Trinajstić information content (AvgIpc) is 3.24. The van der Waals surface area contributed by atoms with Crippen molar-refractivity contribution in [3.8, 4) is 5.75 Å². The lowest BCUT2D eigenvalue weighted by Gasteiger charge is -2.33. The monoisotopic (exact) mass is 533 g/mol. The zero-order valence-electron chi connectivity index (χ0n) is 21.3. The van der Waals surface area contributed by atoms with Crippen molar-refractivity contribution in [1.29, 1.82) is 0 Å². The van der Waals surface area contributed by atoms with E-state index in [0.29, 0.717) is 36.7 Å². The van der Waals surface area contributed by atoms with Crippen LogP contribution in [-0.4, -0.2) is 58.1 Å². The average molecular weight is 534 g/mol. The maximum Gasteiger partial charge on any atom is 0.410 e. The van der Waals surface area contributed by atoms with Gasteiger partial charge in [-0.3, -0.25) is 0 Å². The van der Waals surface area contributed by atoms with Gasteiger partial charge in [0.05, 0.1) is 4.90 Å². The third-order valence-electron chi connectivity index (χ3n) is 6.23. The van der Waals surface area contributed by atoms with Gasteiger partial charge in [0.1, 0.15) is 23.4 Å². The molecule has 1 aliphatic rings. The summed E-state index contributed by atoms with van der Waals surface area (Å²) in [6, 6.07) is 11.6.